The highest BCUT2D eigenvalue weighted by Gasteiger charge is 2.33. The molecule has 0 aliphatic carbocycles. The molecule has 0 bridgehead atoms. The lowest BCUT2D eigenvalue weighted by molar-refractivity contribution is -0.136. The number of aromatic nitrogens is 3. The molecule has 26 heavy (non-hydrogen) atoms. The quantitative estimate of drug-likeness (QED) is 0.533. The minimum Gasteiger partial charge on any atom is -0.398 e. The molecule has 0 spiro atoms. The van der Waals surface area contributed by atoms with Gasteiger partial charge in [-0.25, -0.2) is 4.98 Å². The van der Waals surface area contributed by atoms with Crippen molar-refractivity contribution in [1.82, 2.24) is 14.4 Å². The predicted octanol–water partition coefficient (Wildman–Crippen LogP) is 4.66. The van der Waals surface area contributed by atoms with Crippen LogP contribution in [0.4, 0.5) is 18.9 Å². The number of halogens is 3. The Morgan fingerprint density at radius 3 is 2.38 bits per heavy atom. The summed E-state index contributed by atoms with van der Waals surface area (Å²) in [6.07, 6.45) is 2.23. The van der Waals surface area contributed by atoms with Gasteiger partial charge >= 0.3 is 6.18 Å². The summed E-state index contributed by atoms with van der Waals surface area (Å²) in [5.74, 6) is 0. The summed E-state index contributed by atoms with van der Waals surface area (Å²) >= 11 is 0. The normalized spacial score (nSPS) is 11.8. The summed E-state index contributed by atoms with van der Waals surface area (Å²) in [4.78, 5) is 8.32. The zero-order chi connectivity index (χ0) is 18.3. The maximum atomic E-state index is 13.1. The van der Waals surface area contributed by atoms with Gasteiger partial charge in [-0.3, -0.25) is 9.38 Å². The smallest absolute Gasteiger partial charge is 0.398 e. The van der Waals surface area contributed by atoms with Crippen LogP contribution in [-0.4, -0.2) is 14.4 Å². The molecule has 1 aromatic carbocycles. The van der Waals surface area contributed by atoms with Crippen LogP contribution in [0.2, 0.25) is 0 Å². The van der Waals surface area contributed by atoms with Crippen LogP contribution in [0.5, 0.6) is 0 Å². The number of nitrogens with two attached hydrogens (primary N) is 1. The number of imidazole rings is 1. The van der Waals surface area contributed by atoms with Crippen molar-refractivity contribution in [2.24, 2.45) is 0 Å². The summed E-state index contributed by atoms with van der Waals surface area (Å²) < 4.78 is 41.1. The fourth-order valence-electron chi connectivity index (χ4n) is 2.88. The van der Waals surface area contributed by atoms with E-state index in [9.17, 15) is 13.2 Å². The van der Waals surface area contributed by atoms with Crippen LogP contribution in [0.15, 0.2) is 67.3 Å². The van der Waals surface area contributed by atoms with Gasteiger partial charge in [-0.05, 0) is 47.5 Å². The zero-order valence-electron chi connectivity index (χ0n) is 13.4. The Kier molecular flexibility index (Phi) is 3.64. The van der Waals surface area contributed by atoms with Gasteiger partial charge in [0.1, 0.15) is 5.65 Å². The number of nitrogen functional groups attached to an aromatic ring is 1. The minimum absolute atomic E-state index is 0.296. The summed E-state index contributed by atoms with van der Waals surface area (Å²) in [7, 11) is 0. The molecule has 7 heteroatoms. The van der Waals surface area contributed by atoms with E-state index >= 15 is 0 Å². The Morgan fingerprint density at radius 2 is 1.65 bits per heavy atom. The first-order valence-electron chi connectivity index (χ1n) is 7.78. The van der Waals surface area contributed by atoms with Crippen LogP contribution < -0.4 is 5.73 Å². The number of hydrogen-bond donors (Lipinski definition) is 1. The maximum Gasteiger partial charge on any atom is 0.418 e. The van der Waals surface area contributed by atoms with Crippen molar-refractivity contribution in [3.8, 4) is 22.4 Å². The van der Waals surface area contributed by atoms with Crippen molar-refractivity contribution in [2.45, 2.75) is 6.18 Å². The minimum atomic E-state index is -4.50. The van der Waals surface area contributed by atoms with Crippen LogP contribution in [0.25, 0.3) is 28.0 Å². The average molecular weight is 354 g/mol. The summed E-state index contributed by atoms with van der Waals surface area (Å²) in [6.45, 7) is 0. The van der Waals surface area contributed by atoms with Gasteiger partial charge in [-0.2, -0.15) is 13.2 Å². The second kappa shape index (κ2) is 5.87. The summed E-state index contributed by atoms with van der Waals surface area (Å²) in [5, 5.41) is 0. The van der Waals surface area contributed by atoms with Gasteiger partial charge in [0, 0.05) is 29.8 Å². The third kappa shape index (κ3) is 2.77. The molecule has 4 nitrogen and oxygen atoms in total. The molecule has 130 valence electrons. The molecule has 0 aliphatic heterocycles. The molecule has 0 atom stereocenters. The molecule has 0 radical (unpaired) electrons. The molecule has 0 unspecified atom stereocenters. The molecule has 4 rings (SSSR count). The van der Waals surface area contributed by atoms with Gasteiger partial charge in [0.2, 0.25) is 0 Å². The molecule has 0 saturated heterocycles. The molecule has 3 aromatic heterocycles. The Hall–Kier alpha value is -3.35. The van der Waals surface area contributed by atoms with Gasteiger partial charge in [0.05, 0.1) is 17.5 Å². The molecule has 4 aromatic rings. The second-order valence-electron chi connectivity index (χ2n) is 5.82. The van der Waals surface area contributed by atoms with Crippen molar-refractivity contribution < 1.29 is 13.2 Å². The fourth-order valence-corrected chi connectivity index (χ4v) is 2.88. The van der Waals surface area contributed by atoms with Gasteiger partial charge in [-0.1, -0.05) is 6.07 Å². The van der Waals surface area contributed by atoms with E-state index in [1.807, 2.05) is 24.3 Å². The largest absolute Gasteiger partial charge is 0.418 e. The van der Waals surface area contributed by atoms with Crippen LogP contribution in [0.1, 0.15) is 5.56 Å². The Labute approximate surface area is 146 Å². The number of alkyl halides is 3. The fraction of sp³-hybridized carbons (Fsp3) is 0.0526. The summed E-state index contributed by atoms with van der Waals surface area (Å²) in [6, 6.07) is 11.4. The highest BCUT2D eigenvalue weighted by molar-refractivity contribution is 5.72. The Balaban J connectivity index is 1.82. The predicted molar refractivity (Wildman–Crippen MR) is 93.3 cm³/mol. The van der Waals surface area contributed by atoms with Crippen LogP contribution in [0, 0.1) is 0 Å². The molecule has 0 fully saturated rings. The van der Waals surface area contributed by atoms with E-state index in [0.29, 0.717) is 16.9 Å². The number of fused-ring (bicyclic) bond motifs is 1. The molecule has 0 amide bonds. The Morgan fingerprint density at radius 1 is 0.885 bits per heavy atom. The molecule has 2 N–H and O–H groups in total. The topological polar surface area (TPSA) is 56.2 Å². The highest BCUT2D eigenvalue weighted by Crippen LogP contribution is 2.36. The van der Waals surface area contributed by atoms with E-state index in [1.54, 1.807) is 35.3 Å². The maximum absolute atomic E-state index is 13.1. The van der Waals surface area contributed by atoms with Crippen LogP contribution in [-0.2, 0) is 6.18 Å². The van der Waals surface area contributed by atoms with Gasteiger partial charge < -0.3 is 5.73 Å². The number of nitrogens with zero attached hydrogens (tertiary/aromatic N) is 3. The van der Waals surface area contributed by atoms with E-state index < -0.39 is 11.7 Å². The molecular formula is C19H13F3N4. The number of pyridine rings is 2. The number of hydrogen-bond acceptors (Lipinski definition) is 3. The first kappa shape index (κ1) is 16.1. The monoisotopic (exact) mass is 354 g/mol. The van der Waals surface area contributed by atoms with E-state index in [1.165, 1.54) is 6.07 Å². The van der Waals surface area contributed by atoms with Crippen molar-refractivity contribution in [3.63, 3.8) is 0 Å². The van der Waals surface area contributed by atoms with Gasteiger partial charge in [-0.15, -0.1) is 0 Å². The number of anilines is 1. The molecule has 0 aliphatic rings. The second-order valence-corrected chi connectivity index (χ2v) is 5.82. The lowest BCUT2D eigenvalue weighted by Gasteiger charge is -2.12. The lowest BCUT2D eigenvalue weighted by atomic mass is 10.1. The van der Waals surface area contributed by atoms with Gasteiger partial charge in [0.15, 0.2) is 0 Å². The van der Waals surface area contributed by atoms with Gasteiger partial charge in [0.25, 0.3) is 0 Å². The van der Waals surface area contributed by atoms with E-state index in [0.717, 1.165) is 17.2 Å². The van der Waals surface area contributed by atoms with E-state index in [-0.39, 0.29) is 5.69 Å². The average Bonchev–Trinajstić information content (AvgIpc) is 3.05. The SMILES string of the molecule is Nc1ccc(-c2cnc3cc(-c4ccncc4)ccn23)cc1C(F)(F)F. The summed E-state index contributed by atoms with van der Waals surface area (Å²) in [5.41, 5.74) is 7.87. The van der Waals surface area contributed by atoms with E-state index in [4.69, 9.17) is 5.73 Å². The third-order valence-corrected chi connectivity index (χ3v) is 4.18. The first-order chi connectivity index (χ1) is 12.4. The molecule has 3 heterocycles. The van der Waals surface area contributed by atoms with E-state index in [2.05, 4.69) is 9.97 Å². The van der Waals surface area contributed by atoms with Crippen molar-refractivity contribution >= 4 is 11.3 Å². The number of benzene rings is 1. The van der Waals surface area contributed by atoms with Crippen molar-refractivity contribution in [3.05, 3.63) is 72.8 Å². The lowest BCUT2D eigenvalue weighted by Crippen LogP contribution is -2.09. The standard InChI is InChI=1S/C19H13F3N4/c20-19(21,22)15-9-14(1-2-16(15)23)17-11-25-18-10-13(5-8-26(17)18)12-3-6-24-7-4-12/h1-11H,23H2. The van der Waals surface area contributed by atoms with Crippen LogP contribution >= 0.6 is 0 Å². The van der Waals surface area contributed by atoms with Crippen molar-refractivity contribution in [1.29, 1.82) is 0 Å². The van der Waals surface area contributed by atoms with Crippen molar-refractivity contribution in [2.75, 3.05) is 5.73 Å². The molecule has 0 saturated carbocycles. The van der Waals surface area contributed by atoms with Crippen LogP contribution in [0.3, 0.4) is 0 Å². The first-order valence-corrected chi connectivity index (χ1v) is 7.78. The molecular weight excluding hydrogens is 341 g/mol. The highest BCUT2D eigenvalue weighted by atomic mass is 19.4. The zero-order valence-corrected chi connectivity index (χ0v) is 13.4. The number of rotatable bonds is 2. The third-order valence-electron chi connectivity index (χ3n) is 4.18. The Bertz CT molecular complexity index is 1090.